The molecular weight excluding hydrogens is 353 g/mol. The predicted octanol–water partition coefficient (Wildman–Crippen LogP) is 1.00. The Labute approximate surface area is 153 Å². The normalized spacial score (nSPS) is 16.7. The van der Waals surface area contributed by atoms with E-state index in [1.807, 2.05) is 0 Å². The molecule has 0 aliphatic carbocycles. The number of nitrogens with one attached hydrogen (secondary N) is 1. The van der Waals surface area contributed by atoms with Gasteiger partial charge in [0.25, 0.3) is 5.56 Å². The molecule has 1 aliphatic heterocycles. The summed E-state index contributed by atoms with van der Waals surface area (Å²) >= 11 is 0. The molecule has 1 fully saturated rings. The van der Waals surface area contributed by atoms with E-state index in [4.69, 9.17) is 4.74 Å². The van der Waals surface area contributed by atoms with E-state index >= 15 is 0 Å². The molecule has 8 nitrogen and oxygen atoms in total. The van der Waals surface area contributed by atoms with Gasteiger partial charge in [-0.2, -0.15) is 5.10 Å². The first-order chi connectivity index (χ1) is 13.1. The summed E-state index contributed by atoms with van der Waals surface area (Å²) in [7, 11) is 0. The van der Waals surface area contributed by atoms with Crippen molar-refractivity contribution >= 4 is 0 Å². The van der Waals surface area contributed by atoms with E-state index in [9.17, 15) is 14.0 Å². The van der Waals surface area contributed by atoms with Gasteiger partial charge in [0.15, 0.2) is 5.82 Å². The Bertz CT molecular complexity index is 1050. The van der Waals surface area contributed by atoms with Gasteiger partial charge in [-0.3, -0.25) is 9.78 Å². The Balaban J connectivity index is 1.65. The van der Waals surface area contributed by atoms with E-state index < -0.39 is 11.2 Å². The lowest BCUT2D eigenvalue weighted by molar-refractivity contribution is 0.193. The van der Waals surface area contributed by atoms with Crippen LogP contribution in [0.15, 0.2) is 46.1 Å². The summed E-state index contributed by atoms with van der Waals surface area (Å²) in [5.41, 5.74) is -0.216. The highest BCUT2D eigenvalue weighted by Gasteiger charge is 2.24. The van der Waals surface area contributed by atoms with Gasteiger partial charge < -0.3 is 9.30 Å². The lowest BCUT2D eigenvalue weighted by Gasteiger charge is -2.07. The summed E-state index contributed by atoms with van der Waals surface area (Å²) in [5, 5.41) is 4.60. The number of rotatable bonds is 5. The molecule has 3 aromatic rings. The molecule has 2 aromatic heterocycles. The van der Waals surface area contributed by atoms with Crippen LogP contribution in [-0.2, 0) is 17.7 Å². The van der Waals surface area contributed by atoms with Gasteiger partial charge in [0, 0.05) is 37.8 Å². The van der Waals surface area contributed by atoms with Crippen molar-refractivity contribution in [2.75, 3.05) is 13.2 Å². The molecule has 0 bridgehead atoms. The fraction of sp³-hybridized carbons (Fsp3) is 0.333. The lowest BCUT2D eigenvalue weighted by atomic mass is 10.1. The second kappa shape index (κ2) is 7.28. The molecule has 140 valence electrons. The van der Waals surface area contributed by atoms with Gasteiger partial charge in [-0.05, 0) is 30.7 Å². The predicted molar refractivity (Wildman–Crippen MR) is 94.5 cm³/mol. The van der Waals surface area contributed by atoms with Gasteiger partial charge in [-0.1, -0.05) is 0 Å². The molecule has 0 amide bonds. The second-order valence-electron chi connectivity index (χ2n) is 6.39. The van der Waals surface area contributed by atoms with Crippen molar-refractivity contribution in [2.45, 2.75) is 25.3 Å². The number of aryl methyl sites for hydroxylation is 2. The number of H-pyrrole nitrogens is 1. The highest BCUT2D eigenvalue weighted by molar-refractivity contribution is 5.32. The van der Waals surface area contributed by atoms with Crippen molar-refractivity contribution in [3.8, 4) is 5.69 Å². The molecular formula is C18H18FN5O3. The van der Waals surface area contributed by atoms with E-state index in [0.29, 0.717) is 43.5 Å². The molecule has 27 heavy (non-hydrogen) atoms. The minimum absolute atomic E-state index is 0.126. The van der Waals surface area contributed by atoms with Gasteiger partial charge in [0.05, 0.1) is 12.3 Å². The summed E-state index contributed by atoms with van der Waals surface area (Å²) in [4.78, 5) is 29.9. The summed E-state index contributed by atoms with van der Waals surface area (Å²) in [6, 6.07) is 7.30. The maximum Gasteiger partial charge on any atom is 0.328 e. The fourth-order valence-electron chi connectivity index (χ4n) is 3.06. The number of hydrogen-bond acceptors (Lipinski definition) is 5. The largest absolute Gasteiger partial charge is 0.381 e. The van der Waals surface area contributed by atoms with Crippen LogP contribution in [0.1, 0.15) is 24.0 Å². The SMILES string of the molecule is O=c1ccn(CCc2nc([C@@H]3CCOC3)nn2-c2ccc(F)cc2)c(=O)[nH]1. The number of nitrogens with zero attached hydrogens (tertiary/aromatic N) is 4. The zero-order chi connectivity index (χ0) is 18.8. The fourth-order valence-corrected chi connectivity index (χ4v) is 3.06. The van der Waals surface area contributed by atoms with Crippen LogP contribution in [0.5, 0.6) is 0 Å². The monoisotopic (exact) mass is 371 g/mol. The van der Waals surface area contributed by atoms with Crippen molar-refractivity contribution in [3.05, 3.63) is 74.8 Å². The number of ether oxygens (including phenoxy) is 1. The molecule has 0 spiro atoms. The second-order valence-corrected chi connectivity index (χ2v) is 6.39. The maximum atomic E-state index is 13.3. The third kappa shape index (κ3) is 3.72. The van der Waals surface area contributed by atoms with E-state index in [1.165, 1.54) is 29.0 Å². The van der Waals surface area contributed by atoms with Crippen molar-refractivity contribution in [2.24, 2.45) is 0 Å². The molecule has 0 radical (unpaired) electrons. The first kappa shape index (κ1) is 17.3. The van der Waals surface area contributed by atoms with Crippen LogP contribution in [0.4, 0.5) is 4.39 Å². The highest BCUT2D eigenvalue weighted by Crippen LogP contribution is 2.24. The standard InChI is InChI=1S/C18H18FN5O3/c19-13-1-3-14(4-2-13)24-15(20-17(22-24)12-7-10-27-11-12)5-8-23-9-6-16(25)21-18(23)26/h1-4,6,9,12H,5,7-8,10-11H2,(H,21,25,26)/t12-/m1/s1. The molecule has 4 rings (SSSR count). The van der Waals surface area contributed by atoms with E-state index in [2.05, 4.69) is 15.1 Å². The number of hydrogen-bond donors (Lipinski definition) is 1. The van der Waals surface area contributed by atoms with Crippen molar-refractivity contribution in [1.82, 2.24) is 24.3 Å². The molecule has 1 aromatic carbocycles. The van der Waals surface area contributed by atoms with Gasteiger partial charge >= 0.3 is 5.69 Å². The third-order valence-corrected chi connectivity index (χ3v) is 4.53. The number of benzene rings is 1. The topological polar surface area (TPSA) is 94.8 Å². The first-order valence-corrected chi connectivity index (χ1v) is 8.69. The van der Waals surface area contributed by atoms with Crippen LogP contribution in [0.2, 0.25) is 0 Å². The van der Waals surface area contributed by atoms with Crippen LogP contribution in [0.25, 0.3) is 5.69 Å². The molecule has 9 heteroatoms. The summed E-state index contributed by atoms with van der Waals surface area (Å²) < 4.78 is 21.8. The number of aromatic nitrogens is 5. The number of aromatic amines is 1. The van der Waals surface area contributed by atoms with Crippen LogP contribution in [0.3, 0.4) is 0 Å². The maximum absolute atomic E-state index is 13.3. The molecule has 1 aliphatic rings. The molecule has 1 saturated heterocycles. The zero-order valence-corrected chi connectivity index (χ0v) is 14.5. The first-order valence-electron chi connectivity index (χ1n) is 8.69. The van der Waals surface area contributed by atoms with E-state index in [0.717, 1.165) is 6.42 Å². The van der Waals surface area contributed by atoms with Crippen LogP contribution >= 0.6 is 0 Å². The summed E-state index contributed by atoms with van der Waals surface area (Å²) in [6.45, 7) is 1.58. The van der Waals surface area contributed by atoms with Crippen molar-refractivity contribution in [3.63, 3.8) is 0 Å². The lowest BCUT2D eigenvalue weighted by Crippen LogP contribution is -2.29. The van der Waals surface area contributed by atoms with Gasteiger partial charge in [0.1, 0.15) is 11.6 Å². The van der Waals surface area contributed by atoms with Crippen LogP contribution in [0, 0.1) is 5.82 Å². The Kier molecular flexibility index (Phi) is 4.68. The van der Waals surface area contributed by atoms with Crippen LogP contribution < -0.4 is 11.2 Å². The molecule has 1 atom stereocenters. The quantitative estimate of drug-likeness (QED) is 0.722. The average molecular weight is 371 g/mol. The Hall–Kier alpha value is -3.07. The highest BCUT2D eigenvalue weighted by atomic mass is 19.1. The third-order valence-electron chi connectivity index (χ3n) is 4.53. The molecule has 1 N–H and O–H groups in total. The molecule has 3 heterocycles. The zero-order valence-electron chi connectivity index (χ0n) is 14.5. The Morgan fingerprint density at radius 3 is 2.74 bits per heavy atom. The Morgan fingerprint density at radius 2 is 2.04 bits per heavy atom. The van der Waals surface area contributed by atoms with Gasteiger partial charge in [-0.15, -0.1) is 0 Å². The van der Waals surface area contributed by atoms with Crippen LogP contribution in [-0.4, -0.2) is 37.5 Å². The summed E-state index contributed by atoms with van der Waals surface area (Å²) in [5.74, 6) is 1.13. The minimum atomic E-state index is -0.472. The van der Waals surface area contributed by atoms with Crippen molar-refractivity contribution in [1.29, 1.82) is 0 Å². The van der Waals surface area contributed by atoms with Crippen molar-refractivity contribution < 1.29 is 9.13 Å². The Morgan fingerprint density at radius 1 is 1.22 bits per heavy atom. The molecule has 0 unspecified atom stereocenters. The smallest absolute Gasteiger partial charge is 0.328 e. The average Bonchev–Trinajstić information content (AvgIpc) is 3.31. The van der Waals surface area contributed by atoms with Gasteiger partial charge in [0.2, 0.25) is 0 Å². The number of halogens is 1. The van der Waals surface area contributed by atoms with Gasteiger partial charge in [-0.25, -0.2) is 18.9 Å². The van der Waals surface area contributed by atoms with E-state index in [-0.39, 0.29) is 11.7 Å². The van der Waals surface area contributed by atoms with E-state index in [1.54, 1.807) is 16.8 Å². The summed E-state index contributed by atoms with van der Waals surface area (Å²) in [6.07, 6.45) is 2.72. The molecule has 0 saturated carbocycles. The minimum Gasteiger partial charge on any atom is -0.381 e.